The molecule has 0 spiro atoms. The molecule has 110 valence electrons. The molecule has 0 aromatic rings. The van der Waals surface area contributed by atoms with Crippen LogP contribution in [0.2, 0.25) is 0 Å². The van der Waals surface area contributed by atoms with E-state index in [1.165, 1.54) is 0 Å². The van der Waals surface area contributed by atoms with Crippen molar-refractivity contribution in [3.05, 3.63) is 0 Å². The van der Waals surface area contributed by atoms with Crippen molar-refractivity contribution in [3.8, 4) is 0 Å². The van der Waals surface area contributed by atoms with Crippen molar-refractivity contribution in [2.75, 3.05) is 0 Å². The summed E-state index contributed by atoms with van der Waals surface area (Å²) in [5.41, 5.74) is -2.22. The van der Waals surface area contributed by atoms with Gasteiger partial charge in [-0.2, -0.15) is 0 Å². The summed E-state index contributed by atoms with van der Waals surface area (Å²) in [6.07, 6.45) is 0.880. The van der Waals surface area contributed by atoms with Gasteiger partial charge in [0, 0.05) is 0 Å². The van der Waals surface area contributed by atoms with E-state index in [4.69, 9.17) is 14.0 Å². The van der Waals surface area contributed by atoms with Crippen molar-refractivity contribution in [3.63, 3.8) is 0 Å². The zero-order valence-corrected chi connectivity index (χ0v) is 13.7. The first-order valence-corrected chi connectivity index (χ1v) is 7.06. The van der Waals surface area contributed by atoms with Gasteiger partial charge in [0.2, 0.25) is 0 Å². The lowest BCUT2D eigenvalue weighted by atomic mass is 9.55. The summed E-state index contributed by atoms with van der Waals surface area (Å²) in [7, 11) is -0.0719. The standard InChI is InChI=1S/C13H28B2O4/c1-9-13(8)12(6,7)18-15(19-13)14-17-11(4,5)10(2,3)16/h14,16H,9H2,1-8H3. The molecule has 1 atom stereocenters. The SMILES string of the molecule is CCC1(C)OB(BOC(C)(C)C(C)(C)O)OC1(C)C. The van der Waals surface area contributed by atoms with Crippen molar-refractivity contribution >= 4 is 14.4 Å². The summed E-state index contributed by atoms with van der Waals surface area (Å²) in [4.78, 5) is 0. The van der Waals surface area contributed by atoms with E-state index in [0.717, 1.165) is 6.42 Å². The van der Waals surface area contributed by atoms with Gasteiger partial charge in [0.25, 0.3) is 0 Å². The van der Waals surface area contributed by atoms with E-state index < -0.39 is 11.2 Å². The molecule has 6 heteroatoms. The second-order valence-electron chi connectivity index (χ2n) is 7.14. The van der Waals surface area contributed by atoms with Gasteiger partial charge in [-0.1, -0.05) is 6.92 Å². The fraction of sp³-hybridized carbons (Fsp3) is 1.00. The number of hydrogen-bond acceptors (Lipinski definition) is 4. The van der Waals surface area contributed by atoms with Crippen LogP contribution >= 0.6 is 0 Å². The Labute approximate surface area is 118 Å². The van der Waals surface area contributed by atoms with Gasteiger partial charge in [-0.15, -0.1) is 0 Å². The minimum absolute atomic E-state index is 0.306. The molecule has 1 rings (SSSR count). The van der Waals surface area contributed by atoms with Crippen LogP contribution in [0.15, 0.2) is 0 Å². The predicted octanol–water partition coefficient (Wildman–Crippen LogP) is 1.88. The van der Waals surface area contributed by atoms with Crippen LogP contribution in [0, 0.1) is 0 Å². The van der Waals surface area contributed by atoms with Gasteiger partial charge in [-0.25, -0.2) is 0 Å². The second kappa shape index (κ2) is 5.06. The Morgan fingerprint density at radius 3 is 2.05 bits per heavy atom. The van der Waals surface area contributed by atoms with Crippen molar-refractivity contribution in [1.82, 2.24) is 0 Å². The quantitative estimate of drug-likeness (QED) is 0.775. The average molecular weight is 270 g/mol. The first-order valence-electron chi connectivity index (χ1n) is 7.06. The van der Waals surface area contributed by atoms with Crippen molar-refractivity contribution in [1.29, 1.82) is 0 Å². The van der Waals surface area contributed by atoms with Gasteiger partial charge < -0.3 is 19.1 Å². The van der Waals surface area contributed by atoms with E-state index in [1.807, 2.05) is 27.7 Å². The minimum atomic E-state index is -0.921. The molecule has 0 aliphatic carbocycles. The van der Waals surface area contributed by atoms with Crippen LogP contribution in [-0.4, -0.2) is 41.9 Å². The zero-order valence-electron chi connectivity index (χ0n) is 13.7. The van der Waals surface area contributed by atoms with E-state index in [9.17, 15) is 5.11 Å². The van der Waals surface area contributed by atoms with Crippen LogP contribution in [0.3, 0.4) is 0 Å². The topological polar surface area (TPSA) is 47.9 Å². The maximum atomic E-state index is 10.1. The Balaban J connectivity index is 2.63. The molecule has 0 saturated carbocycles. The predicted molar refractivity (Wildman–Crippen MR) is 79.3 cm³/mol. The molecule has 1 N–H and O–H groups in total. The molecule has 1 fully saturated rings. The van der Waals surface area contributed by atoms with Gasteiger partial charge in [0.15, 0.2) is 0 Å². The summed E-state index contributed by atoms with van der Waals surface area (Å²) < 4.78 is 17.7. The summed E-state index contributed by atoms with van der Waals surface area (Å²) in [6.45, 7) is 15.4. The fourth-order valence-electron chi connectivity index (χ4n) is 1.94. The minimum Gasteiger partial charge on any atom is -0.434 e. The van der Waals surface area contributed by atoms with Crippen LogP contribution in [0.1, 0.15) is 61.8 Å². The number of hydrogen-bond donors (Lipinski definition) is 1. The van der Waals surface area contributed by atoms with Gasteiger partial charge in [-0.05, 0) is 54.9 Å². The third-order valence-electron chi connectivity index (χ3n) is 4.82. The number of rotatable bonds is 5. The lowest BCUT2D eigenvalue weighted by Crippen LogP contribution is -2.50. The average Bonchev–Trinajstić information content (AvgIpc) is 2.46. The van der Waals surface area contributed by atoms with Gasteiger partial charge in [0.05, 0.1) is 22.4 Å². The molecule has 1 aliphatic rings. The van der Waals surface area contributed by atoms with Crippen molar-refractivity contribution in [2.24, 2.45) is 0 Å². The third-order valence-corrected chi connectivity index (χ3v) is 4.82. The molecule has 19 heavy (non-hydrogen) atoms. The number of aliphatic hydroxyl groups is 1. The summed E-state index contributed by atoms with van der Waals surface area (Å²) in [6, 6.07) is 0. The van der Waals surface area contributed by atoms with Crippen LogP contribution in [0.4, 0.5) is 0 Å². The van der Waals surface area contributed by atoms with E-state index >= 15 is 0 Å². The highest BCUT2D eigenvalue weighted by atomic mass is 16.7. The molecule has 1 heterocycles. The Bertz CT molecular complexity index is 325. The molecule has 1 saturated heterocycles. The van der Waals surface area contributed by atoms with Gasteiger partial charge in [0.1, 0.15) is 0 Å². The zero-order chi connectivity index (χ0) is 15.1. The molecular weight excluding hydrogens is 242 g/mol. The lowest BCUT2D eigenvalue weighted by molar-refractivity contribution is -0.0894. The highest BCUT2D eigenvalue weighted by Gasteiger charge is 2.53. The van der Waals surface area contributed by atoms with Gasteiger partial charge in [-0.3, -0.25) is 0 Å². The Morgan fingerprint density at radius 2 is 1.68 bits per heavy atom. The molecular formula is C13H28B2O4. The van der Waals surface area contributed by atoms with E-state index in [2.05, 4.69) is 13.8 Å². The van der Waals surface area contributed by atoms with Crippen molar-refractivity contribution < 1.29 is 19.1 Å². The van der Waals surface area contributed by atoms with E-state index in [1.54, 1.807) is 13.8 Å². The van der Waals surface area contributed by atoms with Gasteiger partial charge >= 0.3 is 14.4 Å². The maximum Gasteiger partial charge on any atom is 0.441 e. The van der Waals surface area contributed by atoms with E-state index in [0.29, 0.717) is 7.37 Å². The highest BCUT2D eigenvalue weighted by Crippen LogP contribution is 2.39. The Morgan fingerprint density at radius 1 is 1.16 bits per heavy atom. The monoisotopic (exact) mass is 270 g/mol. The van der Waals surface area contributed by atoms with Crippen LogP contribution in [-0.2, 0) is 14.0 Å². The Hall–Kier alpha value is -0.0301. The molecule has 1 aliphatic heterocycles. The lowest BCUT2D eigenvalue weighted by Gasteiger charge is -2.37. The fourth-order valence-corrected chi connectivity index (χ4v) is 1.94. The summed E-state index contributed by atoms with van der Waals surface area (Å²) >= 11 is 0. The normalized spacial score (nSPS) is 27.7. The van der Waals surface area contributed by atoms with Crippen LogP contribution < -0.4 is 0 Å². The van der Waals surface area contributed by atoms with Crippen LogP contribution in [0.5, 0.6) is 0 Å². The Kier molecular flexibility index (Phi) is 4.54. The highest BCUT2D eigenvalue weighted by molar-refractivity contribution is 7.03. The van der Waals surface area contributed by atoms with E-state index in [-0.39, 0.29) is 18.2 Å². The summed E-state index contributed by atoms with van der Waals surface area (Å²) in [5, 5.41) is 10.1. The van der Waals surface area contributed by atoms with Crippen LogP contribution in [0.25, 0.3) is 0 Å². The second-order valence-corrected chi connectivity index (χ2v) is 7.14. The molecule has 1 unspecified atom stereocenters. The first-order chi connectivity index (χ1) is 8.35. The molecule has 4 nitrogen and oxygen atoms in total. The molecule has 0 amide bonds. The summed E-state index contributed by atoms with van der Waals surface area (Å²) in [5.74, 6) is 0. The molecule has 0 bridgehead atoms. The molecule has 0 radical (unpaired) electrons. The molecule has 0 aromatic heterocycles. The largest absolute Gasteiger partial charge is 0.441 e. The maximum absolute atomic E-state index is 10.1. The smallest absolute Gasteiger partial charge is 0.434 e. The van der Waals surface area contributed by atoms with Crippen molar-refractivity contribution in [2.45, 2.75) is 84.2 Å². The third kappa shape index (κ3) is 3.35. The first kappa shape index (κ1) is 17.0. The molecule has 0 aromatic carbocycles.